The van der Waals surface area contributed by atoms with Crippen LogP contribution in [0.5, 0.6) is 0 Å². The molecule has 2 rings (SSSR count). The van der Waals surface area contributed by atoms with Crippen molar-refractivity contribution in [2.24, 2.45) is 0 Å². The quantitative estimate of drug-likeness (QED) is 0.846. The van der Waals surface area contributed by atoms with Crippen LogP contribution in [0.25, 0.3) is 0 Å². The summed E-state index contributed by atoms with van der Waals surface area (Å²) in [4.78, 5) is 14.4. The molecule has 1 unspecified atom stereocenters. The first-order chi connectivity index (χ1) is 9.16. The first-order valence-corrected chi connectivity index (χ1v) is 6.95. The molecule has 0 aliphatic carbocycles. The van der Waals surface area contributed by atoms with Crippen molar-refractivity contribution in [2.45, 2.75) is 26.4 Å². The molecule has 1 aromatic rings. The minimum Gasteiger partial charge on any atom is -0.351 e. The Morgan fingerprint density at radius 3 is 2.84 bits per heavy atom. The standard InChI is InChI=1S/C15H23N3O/c1-12-4-3-5-14(10-12)11-17-15(19)13(2)18-8-6-16-7-9-18/h3-5,10,13,16H,6-9,11H2,1-2H3,(H,17,19). The lowest BCUT2D eigenvalue weighted by atomic mass is 10.1. The molecule has 4 heteroatoms. The maximum absolute atomic E-state index is 12.1. The number of piperazine rings is 1. The third-order valence-electron chi connectivity index (χ3n) is 3.63. The molecular formula is C15H23N3O. The van der Waals surface area contributed by atoms with Crippen LogP contribution in [-0.4, -0.2) is 43.0 Å². The molecule has 4 nitrogen and oxygen atoms in total. The molecule has 2 N–H and O–H groups in total. The molecule has 1 aromatic carbocycles. The number of amides is 1. The van der Waals surface area contributed by atoms with E-state index in [0.29, 0.717) is 6.54 Å². The molecule has 0 radical (unpaired) electrons. The molecule has 1 atom stereocenters. The predicted molar refractivity (Wildman–Crippen MR) is 76.9 cm³/mol. The summed E-state index contributed by atoms with van der Waals surface area (Å²) in [5, 5.41) is 6.32. The second-order valence-corrected chi connectivity index (χ2v) is 5.17. The van der Waals surface area contributed by atoms with Crippen LogP contribution in [0.4, 0.5) is 0 Å². The Morgan fingerprint density at radius 2 is 2.16 bits per heavy atom. The highest BCUT2D eigenvalue weighted by Crippen LogP contribution is 2.05. The zero-order chi connectivity index (χ0) is 13.7. The number of nitrogens with zero attached hydrogens (tertiary/aromatic N) is 1. The average Bonchev–Trinajstić information content (AvgIpc) is 2.45. The van der Waals surface area contributed by atoms with Crippen molar-refractivity contribution in [2.75, 3.05) is 26.2 Å². The van der Waals surface area contributed by atoms with E-state index < -0.39 is 0 Å². The number of carbonyl (C=O) groups is 1. The van der Waals surface area contributed by atoms with Crippen LogP contribution >= 0.6 is 0 Å². The third kappa shape index (κ3) is 4.04. The lowest BCUT2D eigenvalue weighted by molar-refractivity contribution is -0.126. The molecule has 1 aliphatic heterocycles. The van der Waals surface area contributed by atoms with Crippen LogP contribution in [0, 0.1) is 6.92 Å². The Labute approximate surface area is 115 Å². The van der Waals surface area contributed by atoms with Gasteiger partial charge in [-0.25, -0.2) is 0 Å². The molecule has 0 saturated carbocycles. The Kier molecular flexibility index (Phi) is 4.93. The van der Waals surface area contributed by atoms with Gasteiger partial charge in [0.25, 0.3) is 0 Å². The van der Waals surface area contributed by atoms with Gasteiger partial charge in [0.2, 0.25) is 5.91 Å². The highest BCUT2D eigenvalue weighted by atomic mass is 16.2. The maximum Gasteiger partial charge on any atom is 0.237 e. The molecule has 0 bridgehead atoms. The fraction of sp³-hybridized carbons (Fsp3) is 0.533. The maximum atomic E-state index is 12.1. The second-order valence-electron chi connectivity index (χ2n) is 5.17. The Bertz CT molecular complexity index is 427. The van der Waals surface area contributed by atoms with E-state index in [9.17, 15) is 4.79 Å². The highest BCUT2D eigenvalue weighted by Gasteiger charge is 2.22. The highest BCUT2D eigenvalue weighted by molar-refractivity contribution is 5.81. The average molecular weight is 261 g/mol. The van der Waals surface area contributed by atoms with Gasteiger partial charge in [-0.15, -0.1) is 0 Å². The van der Waals surface area contributed by atoms with E-state index in [-0.39, 0.29) is 11.9 Å². The molecule has 104 valence electrons. The number of benzene rings is 1. The smallest absolute Gasteiger partial charge is 0.237 e. The topological polar surface area (TPSA) is 44.4 Å². The van der Waals surface area contributed by atoms with Crippen molar-refractivity contribution in [3.05, 3.63) is 35.4 Å². The summed E-state index contributed by atoms with van der Waals surface area (Å²) in [5.74, 6) is 0.114. The third-order valence-corrected chi connectivity index (χ3v) is 3.63. The Balaban J connectivity index is 1.83. The van der Waals surface area contributed by atoms with Crippen LogP contribution in [0.3, 0.4) is 0 Å². The summed E-state index contributed by atoms with van der Waals surface area (Å²) in [5.41, 5.74) is 2.38. The normalized spacial score (nSPS) is 18.0. The van der Waals surface area contributed by atoms with E-state index in [1.165, 1.54) is 5.56 Å². The molecule has 1 fully saturated rings. The van der Waals surface area contributed by atoms with Crippen molar-refractivity contribution in [3.63, 3.8) is 0 Å². The predicted octanol–water partition coefficient (Wildman–Crippen LogP) is 0.905. The SMILES string of the molecule is Cc1cccc(CNC(=O)C(C)N2CCNCC2)c1. The summed E-state index contributed by atoms with van der Waals surface area (Å²) in [6.45, 7) is 8.48. The van der Waals surface area contributed by atoms with E-state index in [1.54, 1.807) is 0 Å². The van der Waals surface area contributed by atoms with Gasteiger partial charge in [0.1, 0.15) is 0 Å². The molecule has 1 saturated heterocycles. The second kappa shape index (κ2) is 6.68. The number of hydrogen-bond acceptors (Lipinski definition) is 3. The summed E-state index contributed by atoms with van der Waals surface area (Å²) in [7, 11) is 0. The molecule has 0 aromatic heterocycles. The summed E-state index contributed by atoms with van der Waals surface area (Å²) in [6, 6.07) is 8.19. The van der Waals surface area contributed by atoms with Crippen molar-refractivity contribution in [1.29, 1.82) is 0 Å². The van der Waals surface area contributed by atoms with Gasteiger partial charge < -0.3 is 10.6 Å². The van der Waals surface area contributed by atoms with Gasteiger partial charge >= 0.3 is 0 Å². The number of carbonyl (C=O) groups excluding carboxylic acids is 1. The van der Waals surface area contributed by atoms with Crippen LogP contribution in [0.15, 0.2) is 24.3 Å². The number of aryl methyl sites for hydroxylation is 1. The number of hydrogen-bond donors (Lipinski definition) is 2. The molecule has 1 heterocycles. The van der Waals surface area contributed by atoms with Gasteiger partial charge in [0, 0.05) is 32.7 Å². The lowest BCUT2D eigenvalue weighted by Crippen LogP contribution is -2.52. The molecule has 0 spiro atoms. The fourth-order valence-corrected chi connectivity index (χ4v) is 2.39. The van der Waals surface area contributed by atoms with Gasteiger partial charge in [-0.3, -0.25) is 9.69 Å². The largest absolute Gasteiger partial charge is 0.351 e. The van der Waals surface area contributed by atoms with Crippen molar-refractivity contribution in [1.82, 2.24) is 15.5 Å². The lowest BCUT2D eigenvalue weighted by Gasteiger charge is -2.31. The Morgan fingerprint density at radius 1 is 1.42 bits per heavy atom. The first kappa shape index (κ1) is 14.0. The molecule has 1 aliphatic rings. The van der Waals surface area contributed by atoms with Gasteiger partial charge in [0.05, 0.1) is 6.04 Å². The first-order valence-electron chi connectivity index (χ1n) is 6.95. The van der Waals surface area contributed by atoms with E-state index in [1.807, 2.05) is 19.1 Å². The summed E-state index contributed by atoms with van der Waals surface area (Å²) < 4.78 is 0. The minimum absolute atomic E-state index is 0.0492. The van der Waals surface area contributed by atoms with Crippen LogP contribution < -0.4 is 10.6 Å². The van der Waals surface area contributed by atoms with Gasteiger partial charge in [-0.1, -0.05) is 29.8 Å². The van der Waals surface area contributed by atoms with Crippen LogP contribution in [0.1, 0.15) is 18.1 Å². The van der Waals surface area contributed by atoms with Crippen LogP contribution in [0.2, 0.25) is 0 Å². The van der Waals surface area contributed by atoms with Gasteiger partial charge in [-0.05, 0) is 19.4 Å². The number of rotatable bonds is 4. The van der Waals surface area contributed by atoms with Crippen molar-refractivity contribution >= 4 is 5.91 Å². The minimum atomic E-state index is -0.0492. The van der Waals surface area contributed by atoms with Gasteiger partial charge in [-0.2, -0.15) is 0 Å². The molecule has 1 amide bonds. The fourth-order valence-electron chi connectivity index (χ4n) is 2.39. The Hall–Kier alpha value is -1.39. The van der Waals surface area contributed by atoms with Gasteiger partial charge in [0.15, 0.2) is 0 Å². The zero-order valence-electron chi connectivity index (χ0n) is 11.8. The summed E-state index contributed by atoms with van der Waals surface area (Å²) in [6.07, 6.45) is 0. The molecule has 19 heavy (non-hydrogen) atoms. The zero-order valence-corrected chi connectivity index (χ0v) is 11.8. The molecular weight excluding hydrogens is 238 g/mol. The monoisotopic (exact) mass is 261 g/mol. The summed E-state index contributed by atoms with van der Waals surface area (Å²) >= 11 is 0. The number of nitrogens with one attached hydrogen (secondary N) is 2. The van der Waals surface area contributed by atoms with E-state index in [0.717, 1.165) is 31.7 Å². The van der Waals surface area contributed by atoms with Crippen LogP contribution in [-0.2, 0) is 11.3 Å². The van der Waals surface area contributed by atoms with E-state index >= 15 is 0 Å². The van der Waals surface area contributed by atoms with E-state index in [2.05, 4.69) is 34.6 Å². The van der Waals surface area contributed by atoms with Crippen molar-refractivity contribution in [3.8, 4) is 0 Å². The van der Waals surface area contributed by atoms with Crippen molar-refractivity contribution < 1.29 is 4.79 Å². The van der Waals surface area contributed by atoms with E-state index in [4.69, 9.17) is 0 Å².